The Bertz CT molecular complexity index is 479. The van der Waals surface area contributed by atoms with Gasteiger partial charge in [-0.2, -0.15) is 0 Å². The Morgan fingerprint density at radius 1 is 1.20 bits per heavy atom. The van der Waals surface area contributed by atoms with Gasteiger partial charge < -0.3 is 20.1 Å². The fourth-order valence-corrected chi connectivity index (χ4v) is 2.22. The first-order valence-corrected chi connectivity index (χ1v) is 6.82. The number of fused-ring (bicyclic) bond motifs is 1. The summed E-state index contributed by atoms with van der Waals surface area (Å²) in [6.45, 7) is 4.06. The molecular formula is C14H20IN3O2. The number of nitrogens with one attached hydrogen (secondary N) is 2. The van der Waals surface area contributed by atoms with E-state index in [1.807, 2.05) is 6.07 Å². The number of hydrogen-bond acceptors (Lipinski definition) is 5. The zero-order valence-electron chi connectivity index (χ0n) is 11.4. The molecule has 6 heteroatoms. The topological polar surface area (TPSA) is 54.9 Å². The van der Waals surface area contributed by atoms with Crippen LogP contribution in [0.3, 0.4) is 0 Å². The predicted molar refractivity (Wildman–Crippen MR) is 89.5 cm³/mol. The van der Waals surface area contributed by atoms with Crippen LogP contribution in [-0.4, -0.2) is 38.8 Å². The Balaban J connectivity index is 0.00000147. The van der Waals surface area contributed by atoms with E-state index in [1.165, 1.54) is 5.56 Å². The van der Waals surface area contributed by atoms with Crippen molar-refractivity contribution in [1.29, 1.82) is 0 Å². The van der Waals surface area contributed by atoms with Crippen molar-refractivity contribution in [3.8, 4) is 11.5 Å². The van der Waals surface area contributed by atoms with Crippen LogP contribution < -0.4 is 20.1 Å². The molecule has 0 bridgehead atoms. The first-order valence-electron chi connectivity index (χ1n) is 6.82. The zero-order chi connectivity index (χ0) is 12.9. The fraction of sp³-hybridized carbons (Fsp3) is 0.500. The van der Waals surface area contributed by atoms with Crippen molar-refractivity contribution in [2.24, 2.45) is 4.99 Å². The van der Waals surface area contributed by atoms with Gasteiger partial charge in [0.15, 0.2) is 17.5 Å². The van der Waals surface area contributed by atoms with Crippen LogP contribution in [0.4, 0.5) is 0 Å². The SMILES string of the molecule is I.c1cc2c(cc1CCNC1=NCCCN1)OCCO2. The summed E-state index contributed by atoms with van der Waals surface area (Å²) >= 11 is 0. The number of guanidine groups is 1. The van der Waals surface area contributed by atoms with Crippen LogP contribution in [0.5, 0.6) is 11.5 Å². The average molecular weight is 389 g/mol. The van der Waals surface area contributed by atoms with Gasteiger partial charge in [-0.25, -0.2) is 0 Å². The molecule has 0 aliphatic carbocycles. The third kappa shape index (κ3) is 3.91. The van der Waals surface area contributed by atoms with Crippen molar-refractivity contribution in [3.05, 3.63) is 23.8 Å². The molecule has 1 aromatic carbocycles. The van der Waals surface area contributed by atoms with Gasteiger partial charge in [0.25, 0.3) is 0 Å². The second kappa shape index (κ2) is 7.56. The molecule has 0 atom stereocenters. The lowest BCUT2D eigenvalue weighted by Crippen LogP contribution is -2.41. The minimum Gasteiger partial charge on any atom is -0.486 e. The molecule has 0 radical (unpaired) electrons. The van der Waals surface area contributed by atoms with Crippen LogP contribution in [0, 0.1) is 0 Å². The van der Waals surface area contributed by atoms with Crippen molar-refractivity contribution in [3.63, 3.8) is 0 Å². The van der Waals surface area contributed by atoms with E-state index in [4.69, 9.17) is 9.47 Å². The molecule has 2 aliphatic heterocycles. The van der Waals surface area contributed by atoms with E-state index in [1.54, 1.807) is 0 Å². The Morgan fingerprint density at radius 2 is 2.05 bits per heavy atom. The second-order valence-corrected chi connectivity index (χ2v) is 4.67. The molecular weight excluding hydrogens is 369 g/mol. The van der Waals surface area contributed by atoms with Crippen molar-refractivity contribution in [2.75, 3.05) is 32.8 Å². The van der Waals surface area contributed by atoms with Crippen LogP contribution in [0.25, 0.3) is 0 Å². The van der Waals surface area contributed by atoms with Crippen molar-refractivity contribution < 1.29 is 9.47 Å². The quantitative estimate of drug-likeness (QED) is 0.771. The Morgan fingerprint density at radius 3 is 2.85 bits per heavy atom. The molecule has 0 saturated heterocycles. The maximum absolute atomic E-state index is 5.58. The number of aliphatic imine (C=N–C) groups is 1. The van der Waals surface area contributed by atoms with E-state index in [2.05, 4.69) is 27.8 Å². The second-order valence-electron chi connectivity index (χ2n) is 4.67. The van der Waals surface area contributed by atoms with Crippen LogP contribution >= 0.6 is 24.0 Å². The maximum atomic E-state index is 5.58. The van der Waals surface area contributed by atoms with Crippen LogP contribution in [0.1, 0.15) is 12.0 Å². The summed E-state index contributed by atoms with van der Waals surface area (Å²) in [5.41, 5.74) is 1.24. The molecule has 0 spiro atoms. The van der Waals surface area contributed by atoms with E-state index in [0.717, 1.165) is 49.9 Å². The molecule has 0 amide bonds. The zero-order valence-corrected chi connectivity index (χ0v) is 13.7. The lowest BCUT2D eigenvalue weighted by atomic mass is 10.1. The number of nitrogens with zero attached hydrogens (tertiary/aromatic N) is 1. The molecule has 0 saturated carbocycles. The predicted octanol–water partition coefficient (Wildman–Crippen LogP) is 1.56. The molecule has 2 heterocycles. The lowest BCUT2D eigenvalue weighted by molar-refractivity contribution is 0.171. The largest absolute Gasteiger partial charge is 0.486 e. The summed E-state index contributed by atoms with van der Waals surface area (Å²) < 4.78 is 11.1. The summed E-state index contributed by atoms with van der Waals surface area (Å²) in [4.78, 5) is 4.38. The monoisotopic (exact) mass is 389 g/mol. The Kier molecular flexibility index (Phi) is 5.75. The van der Waals surface area contributed by atoms with Gasteiger partial charge in [0.05, 0.1) is 0 Å². The molecule has 0 fully saturated rings. The smallest absolute Gasteiger partial charge is 0.191 e. The third-order valence-corrected chi connectivity index (χ3v) is 3.21. The number of hydrogen-bond donors (Lipinski definition) is 2. The minimum absolute atomic E-state index is 0. The molecule has 110 valence electrons. The highest BCUT2D eigenvalue weighted by Gasteiger charge is 2.11. The van der Waals surface area contributed by atoms with E-state index in [-0.39, 0.29) is 24.0 Å². The van der Waals surface area contributed by atoms with Crippen LogP contribution in [0.15, 0.2) is 23.2 Å². The molecule has 2 aliphatic rings. The molecule has 5 nitrogen and oxygen atoms in total. The first-order chi connectivity index (χ1) is 9.42. The lowest BCUT2D eigenvalue weighted by Gasteiger charge is -2.19. The Labute approximate surface area is 136 Å². The number of ether oxygens (including phenoxy) is 2. The van der Waals surface area contributed by atoms with Gasteiger partial charge in [0.1, 0.15) is 13.2 Å². The first kappa shape index (κ1) is 15.2. The van der Waals surface area contributed by atoms with Crippen LogP contribution in [-0.2, 0) is 6.42 Å². The maximum Gasteiger partial charge on any atom is 0.191 e. The summed E-state index contributed by atoms with van der Waals surface area (Å²) in [5.74, 6) is 2.63. The van der Waals surface area contributed by atoms with Gasteiger partial charge in [-0.1, -0.05) is 6.07 Å². The van der Waals surface area contributed by atoms with Gasteiger partial charge in [-0.15, -0.1) is 24.0 Å². The molecule has 20 heavy (non-hydrogen) atoms. The molecule has 1 aromatic rings. The summed E-state index contributed by atoms with van der Waals surface area (Å²) in [6.07, 6.45) is 2.06. The van der Waals surface area contributed by atoms with E-state index in [0.29, 0.717) is 13.2 Å². The molecule has 2 N–H and O–H groups in total. The molecule has 3 rings (SSSR count). The number of rotatable bonds is 3. The van der Waals surface area contributed by atoms with Gasteiger partial charge in [-0.05, 0) is 30.5 Å². The van der Waals surface area contributed by atoms with Crippen molar-refractivity contribution in [1.82, 2.24) is 10.6 Å². The third-order valence-electron chi connectivity index (χ3n) is 3.21. The summed E-state index contributed by atoms with van der Waals surface area (Å²) in [7, 11) is 0. The highest BCUT2D eigenvalue weighted by atomic mass is 127. The van der Waals surface area contributed by atoms with Crippen LogP contribution in [0.2, 0.25) is 0 Å². The van der Waals surface area contributed by atoms with Crippen molar-refractivity contribution in [2.45, 2.75) is 12.8 Å². The highest BCUT2D eigenvalue weighted by molar-refractivity contribution is 14.0. The van der Waals surface area contributed by atoms with E-state index >= 15 is 0 Å². The summed E-state index contributed by atoms with van der Waals surface area (Å²) in [6, 6.07) is 6.14. The van der Waals surface area contributed by atoms with Gasteiger partial charge in [0.2, 0.25) is 0 Å². The van der Waals surface area contributed by atoms with Crippen molar-refractivity contribution >= 4 is 29.9 Å². The van der Waals surface area contributed by atoms with Gasteiger partial charge >= 0.3 is 0 Å². The van der Waals surface area contributed by atoms with E-state index < -0.39 is 0 Å². The standard InChI is InChI=1S/C14H19N3O2.HI/c1-5-15-14(16-6-1)17-7-4-11-2-3-12-13(10-11)19-9-8-18-12;/h2-3,10H,1,4-9H2,(H2,15,16,17);1H. The number of benzene rings is 1. The Hall–Kier alpha value is -1.18. The van der Waals surface area contributed by atoms with E-state index in [9.17, 15) is 0 Å². The molecule has 0 unspecified atom stereocenters. The van der Waals surface area contributed by atoms with Gasteiger partial charge in [0, 0.05) is 19.6 Å². The number of halogens is 1. The minimum atomic E-state index is 0. The fourth-order valence-electron chi connectivity index (χ4n) is 2.22. The average Bonchev–Trinajstić information content (AvgIpc) is 2.48. The molecule has 0 aromatic heterocycles. The highest BCUT2D eigenvalue weighted by Crippen LogP contribution is 2.30. The normalized spacial score (nSPS) is 16.5. The summed E-state index contributed by atoms with van der Waals surface area (Å²) in [5, 5.41) is 6.57. The van der Waals surface area contributed by atoms with Gasteiger partial charge in [-0.3, -0.25) is 4.99 Å².